The summed E-state index contributed by atoms with van der Waals surface area (Å²) in [5.41, 5.74) is 8.20. The van der Waals surface area contributed by atoms with Crippen LogP contribution in [0.4, 0.5) is 0 Å². The molecule has 1 amide bonds. The van der Waals surface area contributed by atoms with Crippen molar-refractivity contribution in [3.8, 4) is 0 Å². The van der Waals surface area contributed by atoms with Crippen molar-refractivity contribution in [2.45, 2.75) is 25.4 Å². The van der Waals surface area contributed by atoms with Crippen LogP contribution in [-0.2, 0) is 11.2 Å². The van der Waals surface area contributed by atoms with Crippen LogP contribution in [0.15, 0.2) is 60.7 Å². The van der Waals surface area contributed by atoms with Crippen molar-refractivity contribution >= 4 is 18.3 Å². The van der Waals surface area contributed by atoms with E-state index >= 15 is 0 Å². The summed E-state index contributed by atoms with van der Waals surface area (Å²) in [4.78, 5) is 12.9. The van der Waals surface area contributed by atoms with Crippen molar-refractivity contribution in [3.05, 3.63) is 77.6 Å². The van der Waals surface area contributed by atoms with E-state index in [1.54, 1.807) is 11.6 Å². The lowest BCUT2D eigenvalue weighted by Gasteiger charge is -2.19. The maximum absolute atomic E-state index is 12.9. The molecular weight excluding hydrogens is 364 g/mol. The predicted molar refractivity (Wildman–Crippen MR) is 105 cm³/mol. The molecule has 0 aliphatic carbocycles. The number of nitrogens with one attached hydrogen (secondary N) is 1. The zero-order valence-electron chi connectivity index (χ0n) is 15.0. The number of hydrogen-bond donors (Lipinski definition) is 2. The Labute approximate surface area is 164 Å². The molecule has 0 spiro atoms. The van der Waals surface area contributed by atoms with Gasteiger partial charge in [-0.25, -0.2) is 4.68 Å². The highest BCUT2D eigenvalue weighted by Gasteiger charge is 2.24. The quantitative estimate of drug-likeness (QED) is 0.647. The summed E-state index contributed by atoms with van der Waals surface area (Å²) in [7, 11) is 0. The molecule has 0 aliphatic rings. The summed E-state index contributed by atoms with van der Waals surface area (Å²) in [6, 6.07) is 18.7. The van der Waals surface area contributed by atoms with Crippen LogP contribution >= 0.6 is 12.4 Å². The van der Waals surface area contributed by atoms with E-state index in [9.17, 15) is 4.79 Å². The molecule has 0 saturated carbocycles. The van der Waals surface area contributed by atoms with Crippen molar-refractivity contribution in [1.29, 1.82) is 0 Å². The number of tetrazole rings is 1. The number of rotatable bonds is 7. The van der Waals surface area contributed by atoms with Gasteiger partial charge in [-0.2, -0.15) is 0 Å². The second kappa shape index (κ2) is 9.80. The van der Waals surface area contributed by atoms with E-state index in [2.05, 4.69) is 20.8 Å². The largest absolute Gasteiger partial charge is 0.352 e. The third-order valence-corrected chi connectivity index (χ3v) is 4.25. The summed E-state index contributed by atoms with van der Waals surface area (Å²) in [5, 5.41) is 14.5. The molecule has 2 atom stereocenters. The lowest BCUT2D eigenvalue weighted by molar-refractivity contribution is -0.124. The molecule has 8 heteroatoms. The van der Waals surface area contributed by atoms with E-state index in [-0.39, 0.29) is 24.4 Å². The van der Waals surface area contributed by atoms with Gasteiger partial charge in [0.1, 0.15) is 11.9 Å². The van der Waals surface area contributed by atoms with Crippen molar-refractivity contribution in [1.82, 2.24) is 25.5 Å². The Morgan fingerprint density at radius 1 is 1.11 bits per heavy atom. The highest BCUT2D eigenvalue weighted by molar-refractivity contribution is 5.85. The molecule has 0 aliphatic heterocycles. The highest BCUT2D eigenvalue weighted by Crippen LogP contribution is 2.15. The Morgan fingerprint density at radius 2 is 1.74 bits per heavy atom. The number of carbonyl (C=O) groups is 1. The fraction of sp³-hybridized carbons (Fsp3) is 0.263. The minimum Gasteiger partial charge on any atom is -0.352 e. The smallest absolute Gasteiger partial charge is 0.245 e. The number of aryl methyl sites for hydroxylation is 1. The third kappa shape index (κ3) is 5.35. The number of halogens is 1. The molecule has 1 aromatic heterocycles. The van der Waals surface area contributed by atoms with Gasteiger partial charge in [0.25, 0.3) is 0 Å². The van der Waals surface area contributed by atoms with Crippen LogP contribution in [0, 0.1) is 6.92 Å². The summed E-state index contributed by atoms with van der Waals surface area (Å²) < 4.78 is 1.55. The number of nitrogens with zero attached hydrogens (tertiary/aromatic N) is 4. The van der Waals surface area contributed by atoms with Gasteiger partial charge in [0.2, 0.25) is 5.91 Å². The summed E-state index contributed by atoms with van der Waals surface area (Å²) in [6.07, 6.45) is 0.499. The van der Waals surface area contributed by atoms with Gasteiger partial charge in [-0.1, -0.05) is 60.7 Å². The average Bonchev–Trinajstić information content (AvgIpc) is 3.11. The van der Waals surface area contributed by atoms with Crippen LogP contribution < -0.4 is 11.1 Å². The second-order valence-electron chi connectivity index (χ2n) is 6.14. The minimum atomic E-state index is -0.532. The molecule has 0 radical (unpaired) electrons. The van der Waals surface area contributed by atoms with E-state index in [1.165, 1.54) is 0 Å². The Kier molecular flexibility index (Phi) is 7.45. The maximum atomic E-state index is 12.9. The monoisotopic (exact) mass is 386 g/mol. The van der Waals surface area contributed by atoms with Gasteiger partial charge in [-0.05, 0) is 28.5 Å². The van der Waals surface area contributed by atoms with Crippen LogP contribution in [0.3, 0.4) is 0 Å². The highest BCUT2D eigenvalue weighted by atomic mass is 35.5. The number of aromatic nitrogens is 4. The van der Waals surface area contributed by atoms with Crippen LogP contribution in [0.25, 0.3) is 0 Å². The maximum Gasteiger partial charge on any atom is 0.245 e. The van der Waals surface area contributed by atoms with Crippen molar-refractivity contribution in [3.63, 3.8) is 0 Å². The molecule has 3 aromatic rings. The number of carbonyl (C=O) groups excluding carboxylic acids is 1. The Balaban J connectivity index is 0.00000261. The Morgan fingerprint density at radius 3 is 2.33 bits per heavy atom. The summed E-state index contributed by atoms with van der Waals surface area (Å²) in [6.45, 7) is 2.12. The van der Waals surface area contributed by atoms with E-state index in [0.717, 1.165) is 11.1 Å². The normalized spacial score (nSPS) is 12.7. The van der Waals surface area contributed by atoms with Crippen LogP contribution in [0.5, 0.6) is 0 Å². The van der Waals surface area contributed by atoms with Crippen LogP contribution in [-0.4, -0.2) is 32.7 Å². The van der Waals surface area contributed by atoms with E-state index in [1.807, 2.05) is 60.7 Å². The average molecular weight is 387 g/mol. The van der Waals surface area contributed by atoms with Gasteiger partial charge in [0, 0.05) is 19.0 Å². The molecule has 3 rings (SSSR count). The number of hydrogen-bond acceptors (Lipinski definition) is 5. The first-order valence-electron chi connectivity index (χ1n) is 8.52. The van der Waals surface area contributed by atoms with E-state index in [0.29, 0.717) is 18.8 Å². The minimum absolute atomic E-state index is 0. The van der Waals surface area contributed by atoms with Crippen LogP contribution in [0.1, 0.15) is 29.0 Å². The summed E-state index contributed by atoms with van der Waals surface area (Å²) >= 11 is 0. The SMILES string of the molecule is Cc1nnnn1C(Cc1ccccc1)C(=O)NCC(N)c1ccccc1.Cl. The molecule has 2 aromatic carbocycles. The van der Waals surface area contributed by atoms with Crippen LogP contribution in [0.2, 0.25) is 0 Å². The Hall–Kier alpha value is -2.77. The predicted octanol–water partition coefficient (Wildman–Crippen LogP) is 2.00. The van der Waals surface area contributed by atoms with Crippen molar-refractivity contribution in [2.24, 2.45) is 5.73 Å². The second-order valence-corrected chi connectivity index (χ2v) is 6.14. The first-order chi connectivity index (χ1) is 12.6. The molecule has 2 unspecified atom stereocenters. The van der Waals surface area contributed by atoms with Crippen molar-refractivity contribution < 1.29 is 4.79 Å². The van der Waals surface area contributed by atoms with E-state index in [4.69, 9.17) is 5.73 Å². The fourth-order valence-electron chi connectivity index (χ4n) is 2.80. The molecule has 142 valence electrons. The lowest BCUT2D eigenvalue weighted by atomic mass is 10.0. The molecular formula is C19H23ClN6O. The molecule has 0 fully saturated rings. The number of amides is 1. The number of benzene rings is 2. The molecule has 27 heavy (non-hydrogen) atoms. The van der Waals surface area contributed by atoms with Gasteiger partial charge < -0.3 is 11.1 Å². The van der Waals surface area contributed by atoms with Crippen molar-refractivity contribution in [2.75, 3.05) is 6.54 Å². The lowest BCUT2D eigenvalue weighted by Crippen LogP contribution is -2.38. The fourth-order valence-corrected chi connectivity index (χ4v) is 2.80. The van der Waals surface area contributed by atoms with Gasteiger partial charge in [0.05, 0.1) is 0 Å². The molecule has 1 heterocycles. The van der Waals surface area contributed by atoms with Gasteiger partial charge in [-0.3, -0.25) is 4.79 Å². The zero-order valence-corrected chi connectivity index (χ0v) is 15.8. The van der Waals surface area contributed by atoms with Gasteiger partial charge in [0.15, 0.2) is 0 Å². The van der Waals surface area contributed by atoms with Gasteiger partial charge in [-0.15, -0.1) is 17.5 Å². The first-order valence-corrected chi connectivity index (χ1v) is 8.52. The van der Waals surface area contributed by atoms with Gasteiger partial charge >= 0.3 is 0 Å². The Bertz CT molecular complexity index is 840. The molecule has 7 nitrogen and oxygen atoms in total. The number of nitrogens with two attached hydrogens (primary N) is 1. The van der Waals surface area contributed by atoms with E-state index < -0.39 is 6.04 Å². The zero-order chi connectivity index (χ0) is 18.4. The first kappa shape index (κ1) is 20.5. The molecule has 0 saturated heterocycles. The summed E-state index contributed by atoms with van der Waals surface area (Å²) in [5.74, 6) is 0.434. The molecule has 0 bridgehead atoms. The standard InChI is InChI=1S/C19H22N6O.ClH/c1-14-22-23-24-25(14)18(12-15-8-4-2-5-9-15)19(26)21-13-17(20)16-10-6-3-7-11-16;/h2-11,17-18H,12-13,20H2,1H3,(H,21,26);1H. The topological polar surface area (TPSA) is 98.7 Å². The molecule has 3 N–H and O–H groups in total. The third-order valence-electron chi connectivity index (χ3n) is 4.25.